The van der Waals surface area contributed by atoms with Crippen LogP contribution in [0, 0.1) is 95.7 Å². The molecule has 596 valence electrons. The smallest absolute Gasteiger partial charge is 0.421 e. The molecule has 0 radical (unpaired) electrons. The molecule has 16 atom stereocenters. The number of amides is 5. The lowest BCUT2D eigenvalue weighted by Crippen LogP contribution is -2.49. The maximum absolute atomic E-state index is 12.9. The zero-order valence-corrected chi connectivity index (χ0v) is 64.9. The summed E-state index contributed by atoms with van der Waals surface area (Å²) in [6, 6.07) is 16.5. The first kappa shape index (κ1) is 79.4. The molecule has 1 aromatic carbocycles. The van der Waals surface area contributed by atoms with Gasteiger partial charge in [0.1, 0.15) is 50.1 Å². The van der Waals surface area contributed by atoms with Crippen molar-refractivity contribution in [1.29, 1.82) is 0 Å². The lowest BCUT2D eigenvalue weighted by Gasteiger charge is -2.27. The third kappa shape index (κ3) is 19.8. The zero-order chi connectivity index (χ0) is 78.0. The van der Waals surface area contributed by atoms with E-state index in [-0.39, 0.29) is 82.9 Å². The number of nitrogens with zero attached hydrogens (tertiary/aromatic N) is 7. The van der Waals surface area contributed by atoms with Gasteiger partial charge >= 0.3 is 6.18 Å². The molecule has 5 amide bonds. The zero-order valence-electron chi connectivity index (χ0n) is 64.9. The SMILES string of the molecule is CC(C)(COc1cccn2ccnc12)NC(=O)C1[C@H]2CNC[C@@H]12.CC(C)(COc1cnccc1C1CC1)NC(=O)C1[C@H]2CNC[C@@H]12.CC(C)(COc1nnccc1C(F)(F)F)NC(=O)C1[C@H]2CNC[C@@H]12.Cc1ccccc1OCC(C)NC(=O)C1[C@H]2CNC[C@@H]12.Cn1nccc1OCC(C)(C)NC(=O)C1[C@H]2CNC[C@@H]12. The molecule has 110 heavy (non-hydrogen) atoms. The number of aromatic nitrogens is 7. The number of alkyl halides is 3. The fourth-order valence-corrected chi connectivity index (χ4v) is 16.6. The summed E-state index contributed by atoms with van der Waals surface area (Å²) in [7, 11) is 1.83. The maximum atomic E-state index is 12.9. The number of aryl methyl sites for hydroxylation is 2. The Hall–Kier alpha value is -8.71. The molecule has 10 N–H and O–H groups in total. The molecule has 0 spiro atoms. The summed E-state index contributed by atoms with van der Waals surface area (Å²) in [5.41, 5.74) is 0.186. The van der Waals surface area contributed by atoms with Gasteiger partial charge in [-0.1, -0.05) is 18.2 Å². The number of halogens is 3. The maximum Gasteiger partial charge on any atom is 0.421 e. The third-order valence-corrected chi connectivity index (χ3v) is 23.1. The number of hydrogen-bond acceptors (Lipinski definition) is 20. The second kappa shape index (κ2) is 32.9. The quantitative estimate of drug-likeness (QED) is 0.0320. The Labute approximate surface area is 641 Å². The lowest BCUT2D eigenvalue weighted by atomic mass is 10.1. The van der Waals surface area contributed by atoms with Crippen molar-refractivity contribution < 1.29 is 60.8 Å². The predicted molar refractivity (Wildman–Crippen MR) is 403 cm³/mol. The topological polar surface area (TPSA) is 326 Å². The van der Waals surface area contributed by atoms with E-state index in [1.165, 1.54) is 18.4 Å². The van der Waals surface area contributed by atoms with Crippen LogP contribution in [0.25, 0.3) is 5.65 Å². The fraction of sp³-hybridized carbons (Fsp3) is 0.625. The van der Waals surface area contributed by atoms with Crippen LogP contribution in [-0.2, 0) is 37.2 Å². The van der Waals surface area contributed by atoms with Gasteiger partial charge in [0.25, 0.3) is 0 Å². The van der Waals surface area contributed by atoms with Crippen molar-refractivity contribution in [2.75, 3.05) is 98.5 Å². The molecular formula is C80H110F3N17O10. The molecule has 10 heterocycles. The first-order valence-electron chi connectivity index (χ1n) is 39.0. The van der Waals surface area contributed by atoms with Crippen LogP contribution in [0.4, 0.5) is 13.2 Å². The van der Waals surface area contributed by atoms with Gasteiger partial charge in [0, 0.05) is 73.1 Å². The van der Waals surface area contributed by atoms with E-state index in [1.54, 1.807) is 37.1 Å². The number of rotatable bonds is 26. The Morgan fingerprint density at radius 2 is 0.955 bits per heavy atom. The Kier molecular flexibility index (Phi) is 23.8. The molecule has 0 bridgehead atoms. The summed E-state index contributed by atoms with van der Waals surface area (Å²) >= 11 is 0. The Morgan fingerprint density at radius 3 is 1.41 bits per heavy atom. The minimum absolute atomic E-state index is 0.00669. The standard InChI is InChI=1S/C18H25N3O2.C17H22N4O2.C16H22N2O2.C15H19F3N4O2.C14H22N4O2/c1-18(2,21-17(22)16-13-7-20-8-14(13)16)10-23-15-9-19-6-5-12(15)11-3-4-11;1-17(2,20-16(22)14-11-8-18-9-12(11)14)10-23-13-4-3-6-21-7-5-19-15(13)21;1-10-5-3-4-6-14(10)20-9-11(2)18-16(19)15-12-7-17-8-13(12)15;1-14(2,21-12(23)11-8-5-19-6-9(8)11)7-24-13-10(15(16,17)18)3-4-20-22-13;1-14(2,8-20-11-4-5-16-18(11)3)17-13(19)12-9-6-15-7-10(9)12/h5-6,9,11,13-14,16,20H,3-4,7-8,10H2,1-2H3,(H,21,22);3-7,11-12,14,18H,8-10H2,1-2H3,(H,20,22);3-6,11-13,15,17H,7-9H2,1-2H3,(H,18,19);3-4,8-9,11,19H,5-7H2,1-2H3,(H,21,23);4-5,9-10,12,15H,6-8H2,1-3H3,(H,17,19)/t13-,14+,16?;11-,12+,14?;11?,12-,13+,15?;8-,9+,11?;9-,10+,12?. The molecule has 6 aromatic rings. The molecule has 5 saturated heterocycles. The second-order valence-electron chi connectivity index (χ2n) is 34.5. The lowest BCUT2D eigenvalue weighted by molar-refractivity contribution is -0.140. The summed E-state index contributed by atoms with van der Waals surface area (Å²) in [5.74, 6) is 9.83. The molecule has 6 unspecified atom stereocenters. The number of nitrogens with one attached hydrogen (secondary N) is 10. The number of hydrogen-bond donors (Lipinski definition) is 10. The van der Waals surface area contributed by atoms with Gasteiger partial charge < -0.3 is 81.3 Å². The number of ether oxygens (including phenoxy) is 5. The van der Waals surface area contributed by atoms with Crippen molar-refractivity contribution >= 4 is 35.2 Å². The molecular weight excluding hydrogens is 1420 g/mol. The number of fused-ring (bicyclic) bond motifs is 6. The van der Waals surface area contributed by atoms with Crippen LogP contribution in [0.2, 0.25) is 0 Å². The number of carbonyl (C=O) groups excluding carboxylic acids is 5. The number of carbonyl (C=O) groups is 5. The average Bonchev–Trinajstić information content (AvgIpc) is 1.61. The molecule has 30 heteroatoms. The van der Waals surface area contributed by atoms with Crippen LogP contribution in [0.15, 0.2) is 98.0 Å². The normalized spacial score (nSPS) is 27.5. The van der Waals surface area contributed by atoms with E-state index in [4.69, 9.17) is 23.7 Å². The highest BCUT2D eigenvalue weighted by Gasteiger charge is 2.61. The number of imidazole rings is 1. The average molecular weight is 1530 g/mol. The minimum atomic E-state index is -4.57. The van der Waals surface area contributed by atoms with Gasteiger partial charge in [-0.2, -0.15) is 23.4 Å². The van der Waals surface area contributed by atoms with Crippen LogP contribution in [-0.4, -0.2) is 191 Å². The molecule has 6 aliphatic carbocycles. The van der Waals surface area contributed by atoms with Gasteiger partial charge in [0.2, 0.25) is 41.3 Å². The first-order valence-corrected chi connectivity index (χ1v) is 39.0. The highest BCUT2D eigenvalue weighted by Crippen LogP contribution is 2.52. The highest BCUT2D eigenvalue weighted by atomic mass is 19.4. The first-order chi connectivity index (χ1) is 52.4. The van der Waals surface area contributed by atoms with Crippen molar-refractivity contribution in [2.24, 2.45) is 95.8 Å². The van der Waals surface area contributed by atoms with E-state index in [9.17, 15) is 37.1 Å². The van der Waals surface area contributed by atoms with Gasteiger partial charge in [-0.25, -0.2) is 9.67 Å². The van der Waals surface area contributed by atoms with Crippen LogP contribution in [0.1, 0.15) is 97.8 Å². The van der Waals surface area contributed by atoms with Crippen molar-refractivity contribution in [3.05, 3.63) is 115 Å². The Balaban J connectivity index is 0.000000121. The van der Waals surface area contributed by atoms with E-state index in [2.05, 4.69) is 84.5 Å². The molecule has 11 fully saturated rings. The highest BCUT2D eigenvalue weighted by molar-refractivity contribution is 5.85. The summed E-state index contributed by atoms with van der Waals surface area (Å²) in [5, 5.41) is 42.7. The van der Waals surface area contributed by atoms with Gasteiger partial charge in [-0.15, -0.1) is 5.10 Å². The predicted octanol–water partition coefficient (Wildman–Crippen LogP) is 5.51. The monoisotopic (exact) mass is 1530 g/mol. The molecule has 5 aromatic heterocycles. The van der Waals surface area contributed by atoms with Crippen LogP contribution in [0.5, 0.6) is 29.0 Å². The second-order valence-corrected chi connectivity index (χ2v) is 34.5. The van der Waals surface area contributed by atoms with E-state index < -0.39 is 28.7 Å². The third-order valence-electron chi connectivity index (χ3n) is 23.1. The summed E-state index contributed by atoms with van der Waals surface area (Å²) < 4.78 is 70.9. The fourth-order valence-electron chi connectivity index (χ4n) is 16.6. The van der Waals surface area contributed by atoms with Gasteiger partial charge in [-0.3, -0.25) is 29.0 Å². The molecule has 27 nitrogen and oxygen atoms in total. The molecule has 5 aliphatic heterocycles. The summed E-state index contributed by atoms with van der Waals surface area (Å²) in [6.07, 6.45) is 9.73. The Bertz CT molecular complexity index is 4180. The number of piperidine rings is 5. The van der Waals surface area contributed by atoms with Crippen molar-refractivity contribution in [1.82, 2.24) is 87.5 Å². The summed E-state index contributed by atoms with van der Waals surface area (Å²) in [6.45, 7) is 30.6. The van der Waals surface area contributed by atoms with E-state index >= 15 is 0 Å². The Morgan fingerprint density at radius 1 is 0.509 bits per heavy atom. The number of benzene rings is 1. The number of para-hydroxylation sites is 1. The van der Waals surface area contributed by atoms with Gasteiger partial charge in [0.15, 0.2) is 11.4 Å². The number of pyridine rings is 2. The minimum Gasteiger partial charge on any atom is -0.491 e. The van der Waals surface area contributed by atoms with Crippen molar-refractivity contribution in [2.45, 2.75) is 122 Å². The molecule has 6 saturated carbocycles. The van der Waals surface area contributed by atoms with Crippen LogP contribution >= 0.6 is 0 Å². The van der Waals surface area contributed by atoms with Gasteiger partial charge in [-0.05, 0) is 249 Å². The van der Waals surface area contributed by atoms with E-state index in [0.717, 1.165) is 106 Å². The van der Waals surface area contributed by atoms with Crippen molar-refractivity contribution in [3.63, 3.8) is 0 Å². The summed E-state index contributed by atoms with van der Waals surface area (Å²) in [4.78, 5) is 69.9. The largest absolute Gasteiger partial charge is 0.491 e. The van der Waals surface area contributed by atoms with E-state index in [1.807, 2.05) is 128 Å². The molecule has 11 aliphatic rings. The van der Waals surface area contributed by atoms with Crippen LogP contribution in [0.3, 0.4) is 0 Å². The molecule has 17 rings (SSSR count). The van der Waals surface area contributed by atoms with Crippen LogP contribution < -0.4 is 76.9 Å². The van der Waals surface area contributed by atoms with Crippen molar-refractivity contribution in [3.8, 4) is 29.0 Å². The van der Waals surface area contributed by atoms with Gasteiger partial charge in [0.05, 0.1) is 46.8 Å². The van der Waals surface area contributed by atoms with E-state index in [0.29, 0.717) is 97.4 Å².